The average molecular weight is 201 g/mol. The maximum atomic E-state index is 5.64. The molecule has 0 aliphatic heterocycles. The minimum atomic E-state index is 0.761. The topological polar surface area (TPSA) is 38.0 Å². The van der Waals surface area contributed by atoms with Crippen LogP contribution in [0.25, 0.3) is 0 Å². The van der Waals surface area contributed by atoms with E-state index >= 15 is 0 Å². The van der Waals surface area contributed by atoms with Crippen LogP contribution in [0.15, 0.2) is 22.7 Å². The maximum absolute atomic E-state index is 5.64. The van der Waals surface area contributed by atoms with E-state index in [2.05, 4.69) is 21.2 Å². The molecule has 3 N–H and O–H groups in total. The summed E-state index contributed by atoms with van der Waals surface area (Å²) in [6.07, 6.45) is 0. The summed E-state index contributed by atoms with van der Waals surface area (Å²) < 4.78 is 0.995. The molecule has 0 saturated carbocycles. The molecule has 10 heavy (non-hydrogen) atoms. The molecule has 0 aromatic heterocycles. The van der Waals surface area contributed by atoms with Crippen LogP contribution >= 0.6 is 15.9 Å². The quantitative estimate of drug-likeness (QED) is 0.682. The van der Waals surface area contributed by atoms with Gasteiger partial charge in [-0.05, 0) is 28.1 Å². The number of para-hydroxylation sites is 1. The highest BCUT2D eigenvalue weighted by molar-refractivity contribution is 9.10. The molecule has 0 spiro atoms. The number of hydrogen-bond donors (Lipinski definition) is 2. The molecule has 0 radical (unpaired) electrons. The highest BCUT2D eigenvalue weighted by Crippen LogP contribution is 2.27. The van der Waals surface area contributed by atoms with Gasteiger partial charge in [-0.15, -0.1) is 0 Å². The van der Waals surface area contributed by atoms with Gasteiger partial charge in [0, 0.05) is 11.5 Å². The zero-order valence-corrected chi connectivity index (χ0v) is 7.27. The Labute approximate surface area is 68.6 Å². The van der Waals surface area contributed by atoms with Crippen LogP contribution in [-0.4, -0.2) is 7.05 Å². The van der Waals surface area contributed by atoms with Gasteiger partial charge in [-0.1, -0.05) is 6.07 Å². The number of rotatable bonds is 1. The lowest BCUT2D eigenvalue weighted by Crippen LogP contribution is -1.95. The summed E-state index contributed by atoms with van der Waals surface area (Å²) in [4.78, 5) is 0. The lowest BCUT2D eigenvalue weighted by molar-refractivity contribution is 1.49. The van der Waals surface area contributed by atoms with Gasteiger partial charge >= 0.3 is 0 Å². The molecule has 0 aliphatic rings. The second kappa shape index (κ2) is 2.92. The molecule has 54 valence electrons. The van der Waals surface area contributed by atoms with Crippen LogP contribution in [-0.2, 0) is 0 Å². The second-order valence-electron chi connectivity index (χ2n) is 1.95. The molecule has 1 aromatic carbocycles. The van der Waals surface area contributed by atoms with Crippen molar-refractivity contribution in [2.24, 2.45) is 0 Å². The molecule has 0 unspecified atom stereocenters. The fourth-order valence-electron chi connectivity index (χ4n) is 0.805. The van der Waals surface area contributed by atoms with Crippen molar-refractivity contribution in [1.82, 2.24) is 0 Å². The molecule has 3 heteroatoms. The Balaban J connectivity index is 3.17. The van der Waals surface area contributed by atoms with E-state index in [9.17, 15) is 0 Å². The third-order valence-corrected chi connectivity index (χ3v) is 1.96. The van der Waals surface area contributed by atoms with E-state index in [-0.39, 0.29) is 0 Å². The van der Waals surface area contributed by atoms with Crippen LogP contribution in [0.4, 0.5) is 11.4 Å². The van der Waals surface area contributed by atoms with Gasteiger partial charge in [0.2, 0.25) is 0 Å². The molecule has 1 aromatic rings. The van der Waals surface area contributed by atoms with Crippen LogP contribution in [0.2, 0.25) is 0 Å². The van der Waals surface area contributed by atoms with E-state index in [0.717, 1.165) is 15.8 Å². The SMILES string of the molecule is CNc1c(N)cccc1Br. The van der Waals surface area contributed by atoms with Crippen molar-refractivity contribution in [3.63, 3.8) is 0 Å². The first kappa shape index (κ1) is 7.41. The summed E-state index contributed by atoms with van der Waals surface area (Å²) in [6, 6.07) is 5.71. The van der Waals surface area contributed by atoms with Crippen molar-refractivity contribution in [1.29, 1.82) is 0 Å². The second-order valence-corrected chi connectivity index (χ2v) is 2.81. The van der Waals surface area contributed by atoms with Crippen molar-refractivity contribution in [2.75, 3.05) is 18.1 Å². The van der Waals surface area contributed by atoms with E-state index in [1.54, 1.807) is 0 Å². The number of halogens is 1. The van der Waals surface area contributed by atoms with Crippen LogP contribution in [0, 0.1) is 0 Å². The van der Waals surface area contributed by atoms with E-state index < -0.39 is 0 Å². The van der Waals surface area contributed by atoms with Crippen LogP contribution in [0.1, 0.15) is 0 Å². The summed E-state index contributed by atoms with van der Waals surface area (Å²) in [5.41, 5.74) is 7.35. The summed E-state index contributed by atoms with van der Waals surface area (Å²) in [5.74, 6) is 0. The van der Waals surface area contributed by atoms with Crippen LogP contribution in [0.5, 0.6) is 0 Å². The number of anilines is 2. The van der Waals surface area contributed by atoms with Crippen molar-refractivity contribution < 1.29 is 0 Å². The molecule has 2 nitrogen and oxygen atoms in total. The van der Waals surface area contributed by atoms with E-state index in [1.807, 2.05) is 25.2 Å². The Morgan fingerprint density at radius 2 is 2.20 bits per heavy atom. The molecule has 0 bridgehead atoms. The predicted octanol–water partition coefficient (Wildman–Crippen LogP) is 2.07. The van der Waals surface area contributed by atoms with Gasteiger partial charge in [-0.2, -0.15) is 0 Å². The Hall–Kier alpha value is -0.700. The van der Waals surface area contributed by atoms with Gasteiger partial charge in [0.05, 0.1) is 11.4 Å². The number of nitrogens with two attached hydrogens (primary N) is 1. The van der Waals surface area contributed by atoms with Crippen LogP contribution in [0.3, 0.4) is 0 Å². The summed E-state index contributed by atoms with van der Waals surface area (Å²) in [6.45, 7) is 0. The third kappa shape index (κ3) is 1.24. The first-order valence-corrected chi connectivity index (χ1v) is 3.76. The number of nitrogen functional groups attached to an aromatic ring is 1. The van der Waals surface area contributed by atoms with Gasteiger partial charge in [-0.3, -0.25) is 0 Å². The predicted molar refractivity (Wildman–Crippen MR) is 48.1 cm³/mol. The smallest absolute Gasteiger partial charge is 0.0715 e. The molecule has 0 atom stereocenters. The van der Waals surface area contributed by atoms with Gasteiger partial charge in [0.25, 0.3) is 0 Å². The maximum Gasteiger partial charge on any atom is 0.0715 e. The Kier molecular flexibility index (Phi) is 2.17. The zero-order valence-electron chi connectivity index (χ0n) is 5.69. The zero-order chi connectivity index (χ0) is 7.56. The van der Waals surface area contributed by atoms with E-state index in [4.69, 9.17) is 5.73 Å². The van der Waals surface area contributed by atoms with Crippen molar-refractivity contribution in [2.45, 2.75) is 0 Å². The fourth-order valence-corrected chi connectivity index (χ4v) is 1.38. The van der Waals surface area contributed by atoms with Gasteiger partial charge < -0.3 is 11.1 Å². The van der Waals surface area contributed by atoms with Gasteiger partial charge in [0.1, 0.15) is 0 Å². The number of hydrogen-bond acceptors (Lipinski definition) is 2. The van der Waals surface area contributed by atoms with Crippen LogP contribution < -0.4 is 11.1 Å². The summed E-state index contributed by atoms with van der Waals surface area (Å²) in [5, 5.41) is 2.99. The molecule has 0 fully saturated rings. The minimum Gasteiger partial charge on any atom is -0.397 e. The van der Waals surface area contributed by atoms with Crippen molar-refractivity contribution in [3.8, 4) is 0 Å². The fraction of sp³-hybridized carbons (Fsp3) is 0.143. The third-order valence-electron chi connectivity index (χ3n) is 1.30. The first-order valence-electron chi connectivity index (χ1n) is 2.97. The van der Waals surface area contributed by atoms with Gasteiger partial charge in [-0.25, -0.2) is 0 Å². The molecule has 0 amide bonds. The largest absolute Gasteiger partial charge is 0.397 e. The average Bonchev–Trinajstić information content (AvgIpc) is 1.88. The van der Waals surface area contributed by atoms with E-state index in [0.29, 0.717) is 0 Å². The lowest BCUT2D eigenvalue weighted by Gasteiger charge is -2.05. The monoisotopic (exact) mass is 200 g/mol. The molecular weight excluding hydrogens is 192 g/mol. The highest BCUT2D eigenvalue weighted by atomic mass is 79.9. The summed E-state index contributed by atoms with van der Waals surface area (Å²) in [7, 11) is 1.84. The van der Waals surface area contributed by atoms with E-state index in [1.165, 1.54) is 0 Å². The minimum absolute atomic E-state index is 0.761. The normalized spacial score (nSPS) is 9.40. The standard InChI is InChI=1S/C7H9BrN2/c1-10-7-5(8)3-2-4-6(7)9/h2-4,10H,9H2,1H3. The molecular formula is C7H9BrN2. The molecule has 0 heterocycles. The summed E-state index contributed by atoms with van der Waals surface area (Å²) >= 11 is 3.36. The Bertz CT molecular complexity index is 215. The van der Waals surface area contributed by atoms with Crippen molar-refractivity contribution in [3.05, 3.63) is 22.7 Å². The van der Waals surface area contributed by atoms with Gasteiger partial charge in [0.15, 0.2) is 0 Å². The Morgan fingerprint density at radius 1 is 1.50 bits per heavy atom. The molecule has 0 saturated heterocycles. The highest BCUT2D eigenvalue weighted by Gasteiger charge is 1.98. The lowest BCUT2D eigenvalue weighted by atomic mass is 10.3. The first-order chi connectivity index (χ1) is 4.75. The Morgan fingerprint density at radius 3 is 2.60 bits per heavy atom. The van der Waals surface area contributed by atoms with Crippen molar-refractivity contribution >= 4 is 27.3 Å². The molecule has 1 rings (SSSR count). The number of nitrogens with one attached hydrogen (secondary N) is 1. The number of benzene rings is 1. The molecule has 0 aliphatic carbocycles.